The quantitative estimate of drug-likeness (QED) is 0.0368. The molecule has 274 valence electrons. The van der Waals surface area contributed by atoms with Crippen LogP contribution in [-0.2, 0) is 23.7 Å². The summed E-state index contributed by atoms with van der Waals surface area (Å²) in [6, 6.07) is 0. The van der Waals surface area contributed by atoms with Gasteiger partial charge in [-0.25, -0.2) is 0 Å². The van der Waals surface area contributed by atoms with Gasteiger partial charge in [0.05, 0.1) is 19.8 Å². The molecule has 0 aromatic heterocycles. The van der Waals surface area contributed by atoms with E-state index in [1.165, 1.54) is 51.4 Å². The summed E-state index contributed by atoms with van der Waals surface area (Å²) in [7, 11) is 0. The molecule has 0 radical (unpaired) electrons. The molecule has 1 fully saturated rings. The molecular formula is C38H68O9. The van der Waals surface area contributed by atoms with Gasteiger partial charge >= 0.3 is 5.97 Å². The zero-order chi connectivity index (χ0) is 34.4. The van der Waals surface area contributed by atoms with Crippen LogP contribution in [0.2, 0.25) is 0 Å². The highest BCUT2D eigenvalue weighted by atomic mass is 16.7. The minimum atomic E-state index is -1.54. The summed E-state index contributed by atoms with van der Waals surface area (Å²) < 4.78 is 22.6. The van der Waals surface area contributed by atoms with Crippen LogP contribution in [0.4, 0.5) is 0 Å². The van der Waals surface area contributed by atoms with Crippen molar-refractivity contribution in [3.63, 3.8) is 0 Å². The van der Waals surface area contributed by atoms with E-state index >= 15 is 0 Å². The summed E-state index contributed by atoms with van der Waals surface area (Å²) in [6.45, 7) is 4.36. The SMILES string of the molecule is CC/C=C\C/C=C\C/C=C\CCCCCCCCOCC(COC1OC(CO)C(O)C(O)C1O)OC(=O)CCCCCCCCCC. The zero-order valence-electron chi connectivity index (χ0n) is 29.5. The first-order chi connectivity index (χ1) is 22.9. The van der Waals surface area contributed by atoms with Crippen LogP contribution in [0.5, 0.6) is 0 Å². The Bertz CT molecular complexity index is 813. The van der Waals surface area contributed by atoms with Crippen molar-refractivity contribution >= 4 is 5.97 Å². The molecule has 1 aliphatic rings. The van der Waals surface area contributed by atoms with Gasteiger partial charge in [-0.15, -0.1) is 0 Å². The Morgan fingerprint density at radius 2 is 1.30 bits per heavy atom. The van der Waals surface area contributed by atoms with E-state index in [2.05, 4.69) is 50.3 Å². The van der Waals surface area contributed by atoms with Gasteiger partial charge in [0.2, 0.25) is 0 Å². The van der Waals surface area contributed by atoms with E-state index in [9.17, 15) is 25.2 Å². The third-order valence-electron chi connectivity index (χ3n) is 8.32. The van der Waals surface area contributed by atoms with Crippen molar-refractivity contribution in [1.82, 2.24) is 0 Å². The highest BCUT2D eigenvalue weighted by Gasteiger charge is 2.44. The van der Waals surface area contributed by atoms with Gasteiger partial charge < -0.3 is 39.4 Å². The number of allylic oxidation sites excluding steroid dienone is 6. The lowest BCUT2D eigenvalue weighted by atomic mass is 9.99. The van der Waals surface area contributed by atoms with Gasteiger partial charge in [-0.05, 0) is 44.9 Å². The second-order valence-corrected chi connectivity index (χ2v) is 12.6. The highest BCUT2D eigenvalue weighted by Crippen LogP contribution is 2.22. The molecule has 4 N–H and O–H groups in total. The molecule has 0 bridgehead atoms. The van der Waals surface area contributed by atoms with Crippen LogP contribution >= 0.6 is 0 Å². The lowest BCUT2D eigenvalue weighted by Crippen LogP contribution is -2.59. The molecule has 0 amide bonds. The van der Waals surface area contributed by atoms with E-state index in [1.807, 2.05) is 0 Å². The fraction of sp³-hybridized carbons (Fsp3) is 0.816. The Morgan fingerprint density at radius 3 is 1.96 bits per heavy atom. The normalized spacial score (nSPS) is 22.6. The third kappa shape index (κ3) is 22.6. The number of hydrogen-bond acceptors (Lipinski definition) is 9. The molecule has 1 heterocycles. The van der Waals surface area contributed by atoms with Crippen molar-refractivity contribution < 1.29 is 44.2 Å². The lowest BCUT2D eigenvalue weighted by molar-refractivity contribution is -0.305. The van der Waals surface area contributed by atoms with Gasteiger partial charge in [0.1, 0.15) is 30.5 Å². The summed E-state index contributed by atoms with van der Waals surface area (Å²) in [4.78, 5) is 12.6. The standard InChI is InChI=1S/C38H68O9/c1-3-5-7-9-11-13-14-15-16-17-18-19-20-22-24-26-28-44-30-32(46-34(40)27-25-23-21-12-10-8-6-4-2)31-45-38-37(43)36(42)35(41)33(29-39)47-38/h5,7,11,13,15-16,32-33,35-39,41-43H,3-4,6,8-10,12,14,17-31H2,1-2H3/b7-5-,13-11-,16-15-. The number of carbonyl (C=O) groups is 1. The lowest BCUT2D eigenvalue weighted by Gasteiger charge is -2.39. The second kappa shape index (κ2) is 30.5. The molecule has 0 aromatic rings. The first-order valence-corrected chi connectivity index (χ1v) is 18.6. The second-order valence-electron chi connectivity index (χ2n) is 12.6. The highest BCUT2D eigenvalue weighted by molar-refractivity contribution is 5.69. The van der Waals surface area contributed by atoms with Gasteiger partial charge in [0.15, 0.2) is 6.29 Å². The molecular weight excluding hydrogens is 600 g/mol. The van der Waals surface area contributed by atoms with E-state index in [4.69, 9.17) is 18.9 Å². The van der Waals surface area contributed by atoms with E-state index in [0.717, 1.165) is 64.2 Å². The number of rotatable bonds is 30. The van der Waals surface area contributed by atoms with Gasteiger partial charge in [0.25, 0.3) is 0 Å². The minimum absolute atomic E-state index is 0.118. The maximum absolute atomic E-state index is 12.6. The van der Waals surface area contributed by atoms with Crippen LogP contribution in [0.3, 0.4) is 0 Å². The van der Waals surface area contributed by atoms with Crippen molar-refractivity contribution in [3.8, 4) is 0 Å². The Kier molecular flexibility index (Phi) is 28.2. The first-order valence-electron chi connectivity index (χ1n) is 18.6. The number of unbranched alkanes of at least 4 members (excludes halogenated alkanes) is 13. The summed E-state index contributed by atoms with van der Waals surface area (Å²) in [6.07, 6.45) is 26.1. The van der Waals surface area contributed by atoms with E-state index in [1.54, 1.807) is 0 Å². The average Bonchev–Trinajstić information content (AvgIpc) is 3.07. The monoisotopic (exact) mass is 668 g/mol. The molecule has 0 aliphatic carbocycles. The molecule has 0 saturated carbocycles. The number of hydrogen-bond donors (Lipinski definition) is 4. The number of ether oxygens (including phenoxy) is 4. The molecule has 1 rings (SSSR count). The minimum Gasteiger partial charge on any atom is -0.457 e. The fourth-order valence-corrected chi connectivity index (χ4v) is 5.39. The largest absolute Gasteiger partial charge is 0.457 e. The third-order valence-corrected chi connectivity index (χ3v) is 8.32. The molecule has 6 atom stereocenters. The van der Waals surface area contributed by atoms with Crippen LogP contribution < -0.4 is 0 Å². The number of esters is 1. The Balaban J connectivity index is 2.32. The zero-order valence-corrected chi connectivity index (χ0v) is 29.5. The maximum atomic E-state index is 12.6. The fourth-order valence-electron chi connectivity index (χ4n) is 5.39. The van der Waals surface area contributed by atoms with Crippen LogP contribution in [0.25, 0.3) is 0 Å². The molecule has 9 nitrogen and oxygen atoms in total. The van der Waals surface area contributed by atoms with Crippen molar-refractivity contribution in [2.75, 3.05) is 26.4 Å². The van der Waals surface area contributed by atoms with E-state index < -0.39 is 43.4 Å². The Labute approximate surface area is 285 Å². The van der Waals surface area contributed by atoms with E-state index in [0.29, 0.717) is 13.0 Å². The predicted molar refractivity (Wildman–Crippen MR) is 187 cm³/mol. The van der Waals surface area contributed by atoms with Crippen LogP contribution in [0.15, 0.2) is 36.5 Å². The first kappa shape index (κ1) is 43.4. The number of aliphatic hydroxyl groups excluding tert-OH is 4. The van der Waals surface area contributed by atoms with E-state index in [-0.39, 0.29) is 19.2 Å². The summed E-state index contributed by atoms with van der Waals surface area (Å²) >= 11 is 0. The summed E-state index contributed by atoms with van der Waals surface area (Å²) in [5.41, 5.74) is 0. The predicted octanol–water partition coefficient (Wildman–Crippen LogP) is 6.85. The molecule has 6 unspecified atom stereocenters. The topological polar surface area (TPSA) is 135 Å². The Morgan fingerprint density at radius 1 is 0.702 bits per heavy atom. The molecule has 9 heteroatoms. The van der Waals surface area contributed by atoms with Gasteiger partial charge in [-0.1, -0.05) is 121 Å². The van der Waals surface area contributed by atoms with Crippen molar-refractivity contribution in [3.05, 3.63) is 36.5 Å². The van der Waals surface area contributed by atoms with Crippen LogP contribution in [-0.4, -0.2) is 89.6 Å². The van der Waals surface area contributed by atoms with Crippen molar-refractivity contribution in [2.45, 2.75) is 173 Å². The summed E-state index contributed by atoms with van der Waals surface area (Å²) in [5, 5.41) is 39.8. The average molecular weight is 669 g/mol. The van der Waals surface area contributed by atoms with Crippen molar-refractivity contribution in [2.24, 2.45) is 0 Å². The Hall–Kier alpha value is -1.59. The molecule has 1 saturated heterocycles. The molecule has 0 spiro atoms. The van der Waals surface area contributed by atoms with Crippen LogP contribution in [0.1, 0.15) is 136 Å². The summed E-state index contributed by atoms with van der Waals surface area (Å²) in [5.74, 6) is -0.326. The molecule has 0 aromatic carbocycles. The maximum Gasteiger partial charge on any atom is 0.306 e. The number of carbonyl (C=O) groups excluding carboxylic acids is 1. The van der Waals surface area contributed by atoms with Crippen molar-refractivity contribution in [1.29, 1.82) is 0 Å². The van der Waals surface area contributed by atoms with Crippen LogP contribution in [0, 0.1) is 0 Å². The van der Waals surface area contributed by atoms with Gasteiger partial charge in [-0.3, -0.25) is 4.79 Å². The molecule has 1 aliphatic heterocycles. The smallest absolute Gasteiger partial charge is 0.306 e. The molecule has 47 heavy (non-hydrogen) atoms. The van der Waals surface area contributed by atoms with Gasteiger partial charge in [0, 0.05) is 13.0 Å². The van der Waals surface area contributed by atoms with Gasteiger partial charge in [-0.2, -0.15) is 0 Å². The number of aliphatic hydroxyl groups is 4.